The topological polar surface area (TPSA) is 87.2 Å². The zero-order chi connectivity index (χ0) is 19.5. The lowest BCUT2D eigenvalue weighted by Crippen LogP contribution is -2.51. The molecule has 4 rings (SSSR count). The van der Waals surface area contributed by atoms with Crippen molar-refractivity contribution in [3.8, 4) is 0 Å². The van der Waals surface area contributed by atoms with Crippen LogP contribution in [0.5, 0.6) is 0 Å². The summed E-state index contributed by atoms with van der Waals surface area (Å²) in [5.41, 5.74) is 7.46. The highest BCUT2D eigenvalue weighted by atomic mass is 16.2. The lowest BCUT2D eigenvalue weighted by atomic mass is 9.97. The summed E-state index contributed by atoms with van der Waals surface area (Å²) in [6, 6.07) is 6.01. The highest BCUT2D eigenvalue weighted by Gasteiger charge is 2.28. The maximum atomic E-state index is 12.6. The first-order valence-corrected chi connectivity index (χ1v) is 10.0. The van der Waals surface area contributed by atoms with E-state index in [1.807, 2.05) is 33.7 Å². The van der Waals surface area contributed by atoms with Crippen LogP contribution in [0.3, 0.4) is 0 Å². The average Bonchev–Trinajstić information content (AvgIpc) is 3.12. The maximum Gasteiger partial charge on any atom is 0.236 e. The Kier molecular flexibility index (Phi) is 5.59. The van der Waals surface area contributed by atoms with E-state index in [1.165, 1.54) is 0 Å². The fourth-order valence-electron chi connectivity index (χ4n) is 4.13. The average molecular weight is 384 g/mol. The molecule has 0 aromatic carbocycles. The molecule has 2 aromatic rings. The number of hydrogen-bond acceptors (Lipinski definition) is 5. The first kappa shape index (κ1) is 18.9. The van der Waals surface area contributed by atoms with Crippen molar-refractivity contribution in [3.05, 3.63) is 36.3 Å². The van der Waals surface area contributed by atoms with Crippen molar-refractivity contribution in [2.45, 2.75) is 19.4 Å². The molecule has 2 fully saturated rings. The lowest BCUT2D eigenvalue weighted by molar-refractivity contribution is -0.136. The molecule has 0 spiro atoms. The Bertz CT molecular complexity index is 809. The molecule has 4 heterocycles. The van der Waals surface area contributed by atoms with Gasteiger partial charge in [-0.1, -0.05) is 6.07 Å². The van der Waals surface area contributed by atoms with Crippen molar-refractivity contribution >= 4 is 17.5 Å². The molecule has 8 heteroatoms. The summed E-state index contributed by atoms with van der Waals surface area (Å²) in [5.74, 6) is -0.377. The van der Waals surface area contributed by atoms with E-state index in [-0.39, 0.29) is 17.7 Å². The molecule has 0 radical (unpaired) electrons. The van der Waals surface area contributed by atoms with Crippen LogP contribution in [0, 0.1) is 5.92 Å². The number of primary amides is 1. The van der Waals surface area contributed by atoms with Crippen molar-refractivity contribution in [1.82, 2.24) is 24.1 Å². The van der Waals surface area contributed by atoms with Gasteiger partial charge in [0.2, 0.25) is 11.8 Å². The number of carbonyl (C=O) groups excluding carboxylic acids is 2. The molecule has 28 heavy (non-hydrogen) atoms. The fraction of sp³-hybridized carbons (Fsp3) is 0.550. The smallest absolute Gasteiger partial charge is 0.236 e. The number of amides is 2. The number of piperazine rings is 1. The van der Waals surface area contributed by atoms with Crippen LogP contribution in [0.2, 0.25) is 0 Å². The number of aromatic nitrogens is 2. The summed E-state index contributed by atoms with van der Waals surface area (Å²) in [4.78, 5) is 35.1. The molecule has 2 amide bonds. The summed E-state index contributed by atoms with van der Waals surface area (Å²) in [6.45, 7) is 6.04. The molecule has 1 atom stereocenters. The summed E-state index contributed by atoms with van der Waals surface area (Å²) in [6.07, 6.45) is 5.74. The third-order valence-electron chi connectivity index (χ3n) is 5.80. The second-order valence-electron chi connectivity index (χ2n) is 7.83. The lowest BCUT2D eigenvalue weighted by Gasteiger charge is -2.36. The molecular weight excluding hydrogens is 356 g/mol. The minimum atomic E-state index is -0.293. The number of rotatable bonds is 5. The second-order valence-corrected chi connectivity index (χ2v) is 7.83. The van der Waals surface area contributed by atoms with Crippen LogP contribution in [0.4, 0.5) is 0 Å². The van der Waals surface area contributed by atoms with Gasteiger partial charge in [0.1, 0.15) is 5.65 Å². The number of fused-ring (bicyclic) bond motifs is 1. The Morgan fingerprint density at radius 3 is 2.64 bits per heavy atom. The van der Waals surface area contributed by atoms with Gasteiger partial charge in [0.15, 0.2) is 0 Å². The first-order valence-electron chi connectivity index (χ1n) is 10.0. The number of nitrogens with two attached hydrogens (primary N) is 1. The van der Waals surface area contributed by atoms with Gasteiger partial charge in [-0.2, -0.15) is 0 Å². The van der Waals surface area contributed by atoms with Crippen LogP contribution < -0.4 is 5.73 Å². The number of nitrogens with zero attached hydrogens (tertiary/aromatic N) is 5. The Labute approximate surface area is 164 Å². The van der Waals surface area contributed by atoms with Crippen LogP contribution in [-0.4, -0.2) is 81.7 Å². The van der Waals surface area contributed by atoms with Gasteiger partial charge >= 0.3 is 0 Å². The van der Waals surface area contributed by atoms with E-state index in [1.54, 1.807) is 0 Å². The third-order valence-corrected chi connectivity index (χ3v) is 5.80. The number of hydrogen-bond donors (Lipinski definition) is 1. The fourth-order valence-corrected chi connectivity index (χ4v) is 4.13. The van der Waals surface area contributed by atoms with Crippen molar-refractivity contribution < 1.29 is 9.59 Å². The van der Waals surface area contributed by atoms with Gasteiger partial charge in [0.25, 0.3) is 0 Å². The van der Waals surface area contributed by atoms with E-state index < -0.39 is 0 Å². The number of imidazole rings is 1. The van der Waals surface area contributed by atoms with Gasteiger partial charge in [-0.15, -0.1) is 0 Å². The molecule has 8 nitrogen and oxygen atoms in total. The van der Waals surface area contributed by atoms with Crippen LogP contribution in [0.15, 0.2) is 30.6 Å². The van der Waals surface area contributed by atoms with Gasteiger partial charge in [0.05, 0.1) is 18.2 Å². The van der Waals surface area contributed by atoms with E-state index in [4.69, 9.17) is 5.73 Å². The van der Waals surface area contributed by atoms with E-state index in [0.29, 0.717) is 13.1 Å². The third kappa shape index (κ3) is 4.34. The van der Waals surface area contributed by atoms with Crippen LogP contribution in [0.1, 0.15) is 18.5 Å². The zero-order valence-corrected chi connectivity index (χ0v) is 16.2. The molecule has 2 saturated heterocycles. The molecule has 2 N–H and O–H groups in total. The Balaban J connectivity index is 1.25. The minimum Gasteiger partial charge on any atom is -0.369 e. The van der Waals surface area contributed by atoms with Crippen molar-refractivity contribution in [3.63, 3.8) is 0 Å². The number of pyridine rings is 1. The van der Waals surface area contributed by atoms with Crippen LogP contribution in [0.25, 0.3) is 5.65 Å². The molecule has 2 aromatic heterocycles. The molecular formula is C20H28N6O2. The molecule has 0 aliphatic carbocycles. The summed E-state index contributed by atoms with van der Waals surface area (Å²) in [5, 5.41) is 0. The van der Waals surface area contributed by atoms with E-state index in [0.717, 1.165) is 63.5 Å². The summed E-state index contributed by atoms with van der Waals surface area (Å²) < 4.78 is 2.04. The largest absolute Gasteiger partial charge is 0.369 e. The molecule has 2 aliphatic rings. The van der Waals surface area contributed by atoms with Gasteiger partial charge in [-0.25, -0.2) is 4.98 Å². The SMILES string of the molecule is NC(=O)C1CCCN(C(=O)CN2CCN(Cc3cn4ccccc4n3)CC2)C1. The summed E-state index contributed by atoms with van der Waals surface area (Å²) in [7, 11) is 0. The number of piperidine rings is 1. The van der Waals surface area contributed by atoms with Crippen molar-refractivity contribution in [2.24, 2.45) is 11.7 Å². The van der Waals surface area contributed by atoms with Crippen molar-refractivity contribution in [1.29, 1.82) is 0 Å². The second kappa shape index (κ2) is 8.28. The highest BCUT2D eigenvalue weighted by Crippen LogP contribution is 2.17. The molecule has 1 unspecified atom stereocenters. The number of carbonyl (C=O) groups is 2. The molecule has 150 valence electrons. The van der Waals surface area contributed by atoms with Gasteiger partial charge < -0.3 is 15.0 Å². The number of likely N-dealkylation sites (tertiary alicyclic amines) is 1. The zero-order valence-electron chi connectivity index (χ0n) is 16.2. The van der Waals surface area contributed by atoms with Crippen molar-refractivity contribution in [2.75, 3.05) is 45.8 Å². The predicted molar refractivity (Wildman–Crippen MR) is 105 cm³/mol. The molecule has 0 bridgehead atoms. The van der Waals surface area contributed by atoms with Crippen LogP contribution in [-0.2, 0) is 16.1 Å². The van der Waals surface area contributed by atoms with Crippen LogP contribution >= 0.6 is 0 Å². The minimum absolute atomic E-state index is 0.111. The monoisotopic (exact) mass is 384 g/mol. The Morgan fingerprint density at radius 1 is 1.11 bits per heavy atom. The molecule has 2 aliphatic heterocycles. The van der Waals surface area contributed by atoms with Gasteiger partial charge in [-0.3, -0.25) is 19.4 Å². The summed E-state index contributed by atoms with van der Waals surface area (Å²) >= 11 is 0. The Morgan fingerprint density at radius 2 is 1.89 bits per heavy atom. The molecule has 0 saturated carbocycles. The standard InChI is InChI=1S/C20H28N6O2/c21-20(28)16-4-3-7-26(12-16)19(27)15-24-10-8-23(9-11-24)13-17-14-25-6-2-1-5-18(25)22-17/h1-2,5-6,14,16H,3-4,7-13,15H2,(H2,21,28). The first-order chi connectivity index (χ1) is 13.6. The van der Waals surface area contributed by atoms with E-state index in [9.17, 15) is 9.59 Å². The maximum absolute atomic E-state index is 12.6. The predicted octanol–water partition coefficient (Wildman–Crippen LogP) is 0.176. The van der Waals surface area contributed by atoms with E-state index in [2.05, 4.69) is 21.0 Å². The van der Waals surface area contributed by atoms with Gasteiger partial charge in [-0.05, 0) is 25.0 Å². The highest BCUT2D eigenvalue weighted by molar-refractivity contribution is 5.81. The normalized spacial score (nSPS) is 21.9. The van der Waals surface area contributed by atoms with E-state index >= 15 is 0 Å². The van der Waals surface area contributed by atoms with Gasteiger partial charge in [0, 0.05) is 58.2 Å². The quantitative estimate of drug-likeness (QED) is 0.794. The Hall–Kier alpha value is -2.45.